The topological polar surface area (TPSA) is 63.2 Å². The van der Waals surface area contributed by atoms with Crippen molar-refractivity contribution in [1.82, 2.24) is 0 Å². The minimum absolute atomic E-state index is 0.144. The Labute approximate surface area is 220 Å². The quantitative estimate of drug-likeness (QED) is 0.120. The Balaban J connectivity index is 1.04. The number of rotatable bonds is 21. The van der Waals surface area contributed by atoms with Crippen LogP contribution in [0, 0.1) is 0 Å². The third-order valence-electron chi connectivity index (χ3n) is 8.06. The number of unbranched alkanes of at least 4 members (excludes halogenated alkanes) is 18. The van der Waals surface area contributed by atoms with Crippen LogP contribution in [-0.2, 0) is 28.5 Å². The van der Waals surface area contributed by atoms with Crippen molar-refractivity contribution < 1.29 is 28.5 Å². The Hall–Kier alpha value is -0.690. The third-order valence-corrected chi connectivity index (χ3v) is 8.06. The maximum Gasteiger partial charge on any atom is 0.306 e. The molecular formula is C30H54O6. The summed E-state index contributed by atoms with van der Waals surface area (Å²) >= 11 is 0. The molecular weight excluding hydrogens is 456 g/mol. The predicted octanol–water partition coefficient (Wildman–Crippen LogP) is 7.26. The molecule has 0 aromatic rings. The molecule has 3 aliphatic heterocycles. The average molecular weight is 511 g/mol. The number of carbonyl (C=O) groups excluding carboxylic acids is 1. The molecule has 0 unspecified atom stereocenters. The van der Waals surface area contributed by atoms with Gasteiger partial charge in [0.15, 0.2) is 6.10 Å². The molecule has 0 bridgehead atoms. The van der Waals surface area contributed by atoms with Crippen LogP contribution in [0.25, 0.3) is 0 Å². The molecule has 36 heavy (non-hydrogen) atoms. The fourth-order valence-electron chi connectivity index (χ4n) is 5.84. The number of hydrogen-bond donors (Lipinski definition) is 0. The molecule has 3 saturated heterocycles. The zero-order valence-electron chi connectivity index (χ0n) is 23.2. The Morgan fingerprint density at radius 3 is 1.67 bits per heavy atom. The first-order chi connectivity index (χ1) is 17.7. The molecule has 0 aromatic heterocycles. The fourth-order valence-corrected chi connectivity index (χ4v) is 5.84. The lowest BCUT2D eigenvalue weighted by molar-refractivity contribution is -0.207. The normalized spacial score (nSPS) is 24.5. The summed E-state index contributed by atoms with van der Waals surface area (Å²) in [6.07, 6.45) is 25.2. The largest absolute Gasteiger partial charge is 0.457 e. The van der Waals surface area contributed by atoms with Crippen molar-refractivity contribution in [2.75, 3.05) is 26.4 Å². The summed E-state index contributed by atoms with van der Waals surface area (Å²) in [7, 11) is 0. The summed E-state index contributed by atoms with van der Waals surface area (Å²) in [5, 5.41) is 0. The highest BCUT2D eigenvalue weighted by molar-refractivity contribution is 5.69. The van der Waals surface area contributed by atoms with Gasteiger partial charge in [-0.15, -0.1) is 0 Å². The summed E-state index contributed by atoms with van der Waals surface area (Å²) in [5.74, 6) is -0.937. The second-order valence-electron chi connectivity index (χ2n) is 11.2. The molecule has 6 heteroatoms. The van der Waals surface area contributed by atoms with Gasteiger partial charge in [-0.3, -0.25) is 4.79 Å². The summed E-state index contributed by atoms with van der Waals surface area (Å²) in [4.78, 5) is 12.3. The van der Waals surface area contributed by atoms with E-state index in [1.165, 1.54) is 109 Å². The molecule has 3 heterocycles. The van der Waals surface area contributed by atoms with Gasteiger partial charge < -0.3 is 23.7 Å². The van der Waals surface area contributed by atoms with E-state index in [1.807, 2.05) is 0 Å². The minimum atomic E-state index is -0.793. The van der Waals surface area contributed by atoms with Crippen LogP contribution >= 0.6 is 0 Å². The zero-order chi connectivity index (χ0) is 25.3. The van der Waals surface area contributed by atoms with E-state index in [-0.39, 0.29) is 24.3 Å². The van der Waals surface area contributed by atoms with E-state index in [0.717, 1.165) is 12.8 Å². The number of hydrogen-bond acceptors (Lipinski definition) is 6. The number of fused-ring (bicyclic) bond motifs is 2. The van der Waals surface area contributed by atoms with E-state index in [2.05, 4.69) is 6.92 Å². The molecule has 0 saturated carbocycles. The van der Waals surface area contributed by atoms with E-state index >= 15 is 0 Å². The monoisotopic (exact) mass is 510 g/mol. The molecule has 0 N–H and O–H groups in total. The summed E-state index contributed by atoms with van der Waals surface area (Å²) < 4.78 is 28.8. The first kappa shape index (κ1) is 29.9. The van der Waals surface area contributed by atoms with Gasteiger partial charge in [-0.1, -0.05) is 122 Å². The predicted molar refractivity (Wildman–Crippen MR) is 142 cm³/mol. The Morgan fingerprint density at radius 2 is 1.17 bits per heavy atom. The highest BCUT2D eigenvalue weighted by atomic mass is 16.8. The van der Waals surface area contributed by atoms with E-state index in [9.17, 15) is 4.79 Å². The molecule has 0 radical (unpaired) electrons. The van der Waals surface area contributed by atoms with Crippen molar-refractivity contribution in [1.29, 1.82) is 0 Å². The molecule has 0 aliphatic carbocycles. The maximum atomic E-state index is 12.3. The third kappa shape index (κ3) is 10.2. The van der Waals surface area contributed by atoms with Crippen LogP contribution in [0.5, 0.6) is 0 Å². The highest BCUT2D eigenvalue weighted by Gasteiger charge is 2.61. The van der Waals surface area contributed by atoms with Gasteiger partial charge >= 0.3 is 5.97 Å². The van der Waals surface area contributed by atoms with Gasteiger partial charge in [0.25, 0.3) is 0 Å². The van der Waals surface area contributed by atoms with Crippen LogP contribution in [0.4, 0.5) is 0 Å². The first-order valence-corrected chi connectivity index (χ1v) is 15.5. The first-order valence-electron chi connectivity index (χ1n) is 15.5. The number of carbonyl (C=O) groups is 1. The maximum absolute atomic E-state index is 12.3. The lowest BCUT2D eigenvalue weighted by atomic mass is 10.0. The molecule has 0 aromatic carbocycles. The average Bonchev–Trinajstić information content (AvgIpc) is 3.60. The van der Waals surface area contributed by atoms with Crippen molar-refractivity contribution in [2.24, 2.45) is 0 Å². The van der Waals surface area contributed by atoms with Crippen LogP contribution < -0.4 is 0 Å². The Kier molecular flexibility index (Phi) is 14.7. The molecule has 0 amide bonds. The Bertz CT molecular complexity index is 576. The van der Waals surface area contributed by atoms with Crippen molar-refractivity contribution in [3.8, 4) is 0 Å². The number of esters is 1. The summed E-state index contributed by atoms with van der Waals surface area (Å²) in [5.41, 5.74) is 0. The van der Waals surface area contributed by atoms with Crippen LogP contribution in [0.2, 0.25) is 0 Å². The lowest BCUT2D eigenvalue weighted by Gasteiger charge is -2.25. The van der Waals surface area contributed by atoms with Gasteiger partial charge in [0.05, 0.1) is 19.8 Å². The van der Waals surface area contributed by atoms with E-state index in [4.69, 9.17) is 23.7 Å². The molecule has 3 rings (SSSR count). The van der Waals surface area contributed by atoms with E-state index in [0.29, 0.717) is 32.8 Å². The summed E-state index contributed by atoms with van der Waals surface area (Å²) in [6, 6.07) is 0. The van der Waals surface area contributed by atoms with Crippen LogP contribution in [0.15, 0.2) is 0 Å². The molecule has 1 spiro atoms. The van der Waals surface area contributed by atoms with Crippen LogP contribution in [-0.4, -0.2) is 56.5 Å². The van der Waals surface area contributed by atoms with Crippen molar-refractivity contribution in [2.45, 2.75) is 159 Å². The standard InChI is InChI=1S/C30H54O6/c1-2-3-4-5-6-7-8-9-10-11-12-13-14-15-16-17-18-19-20-21-27(31)36-26-24-32-29-28(26)33-25-30(29)34-22-23-35-30/h26,28-29H,2-25H2,1H3/t26-,28-,29+/m1/s1. The highest BCUT2D eigenvalue weighted by Crippen LogP contribution is 2.40. The zero-order valence-corrected chi connectivity index (χ0v) is 23.2. The fraction of sp³-hybridized carbons (Fsp3) is 0.967. The second kappa shape index (κ2) is 17.8. The molecule has 210 valence electrons. The van der Waals surface area contributed by atoms with Crippen LogP contribution in [0.1, 0.15) is 135 Å². The van der Waals surface area contributed by atoms with Gasteiger partial charge in [0, 0.05) is 6.42 Å². The number of ether oxygens (including phenoxy) is 5. The SMILES string of the molecule is CCCCCCCCCCCCCCCCCCCCCC(=O)O[C@@H]1CO[C@H]2[C@@H]1OCC21OCCO1. The van der Waals surface area contributed by atoms with Gasteiger partial charge in [-0.2, -0.15) is 0 Å². The Morgan fingerprint density at radius 1 is 0.694 bits per heavy atom. The molecule has 6 nitrogen and oxygen atoms in total. The smallest absolute Gasteiger partial charge is 0.306 e. The van der Waals surface area contributed by atoms with Crippen molar-refractivity contribution in [3.05, 3.63) is 0 Å². The molecule has 3 atom stereocenters. The van der Waals surface area contributed by atoms with Gasteiger partial charge in [-0.05, 0) is 6.42 Å². The van der Waals surface area contributed by atoms with Crippen LogP contribution in [0.3, 0.4) is 0 Å². The molecule has 3 fully saturated rings. The van der Waals surface area contributed by atoms with Gasteiger partial charge in [-0.25, -0.2) is 0 Å². The second-order valence-corrected chi connectivity index (χ2v) is 11.2. The molecule has 3 aliphatic rings. The summed E-state index contributed by atoms with van der Waals surface area (Å²) in [6.45, 7) is 4.10. The van der Waals surface area contributed by atoms with Crippen molar-refractivity contribution in [3.63, 3.8) is 0 Å². The van der Waals surface area contributed by atoms with Crippen molar-refractivity contribution >= 4 is 5.97 Å². The lowest BCUT2D eigenvalue weighted by Crippen LogP contribution is -2.45. The van der Waals surface area contributed by atoms with Gasteiger partial charge in [0.2, 0.25) is 5.79 Å². The van der Waals surface area contributed by atoms with Gasteiger partial charge in [0.1, 0.15) is 18.8 Å². The minimum Gasteiger partial charge on any atom is -0.457 e. The van der Waals surface area contributed by atoms with E-state index < -0.39 is 5.79 Å². The van der Waals surface area contributed by atoms with E-state index in [1.54, 1.807) is 0 Å².